The molecule has 3 rings (SSSR count). The van der Waals surface area contributed by atoms with Gasteiger partial charge in [0.2, 0.25) is 5.91 Å². The third kappa shape index (κ3) is 6.82. The number of benzene rings is 3. The molecule has 0 unspecified atom stereocenters. The highest BCUT2D eigenvalue weighted by Gasteiger charge is 2.03. The fraction of sp³-hybridized carbons (Fsp3) is 0.0909. The first-order valence-corrected chi connectivity index (χ1v) is 9.56. The summed E-state index contributed by atoms with van der Waals surface area (Å²) in [6.45, 7) is 0.191. The van der Waals surface area contributed by atoms with Crippen LogP contribution in [-0.2, 0) is 16.2 Å². The molecule has 0 aliphatic rings. The zero-order valence-electron chi connectivity index (χ0n) is 15.3. The molecule has 0 fully saturated rings. The van der Waals surface area contributed by atoms with E-state index in [1.54, 1.807) is 42.5 Å². The van der Waals surface area contributed by atoms with E-state index in [4.69, 9.17) is 32.8 Å². The Balaban J connectivity index is 1.41. The van der Waals surface area contributed by atoms with Crippen LogP contribution in [0.2, 0.25) is 10.0 Å². The number of ether oxygens (including phenoxy) is 1. The summed E-state index contributed by atoms with van der Waals surface area (Å²) < 4.78 is 5.71. The summed E-state index contributed by atoms with van der Waals surface area (Å²) in [4.78, 5) is 17.1. The lowest BCUT2D eigenvalue weighted by atomic mass is 10.2. The molecule has 0 bridgehead atoms. The van der Waals surface area contributed by atoms with E-state index < -0.39 is 0 Å². The Morgan fingerprint density at radius 2 is 1.69 bits per heavy atom. The van der Waals surface area contributed by atoms with Gasteiger partial charge in [0.25, 0.3) is 0 Å². The fourth-order valence-corrected chi connectivity index (χ4v) is 2.82. The summed E-state index contributed by atoms with van der Waals surface area (Å²) >= 11 is 11.9. The highest BCUT2D eigenvalue weighted by atomic mass is 35.5. The molecule has 3 aromatic carbocycles. The molecule has 0 aliphatic carbocycles. The van der Waals surface area contributed by atoms with Gasteiger partial charge in [-0.15, -0.1) is 0 Å². The highest BCUT2D eigenvalue weighted by molar-refractivity contribution is 6.35. The molecule has 0 radical (unpaired) electrons. The lowest BCUT2D eigenvalue weighted by molar-refractivity contribution is -0.115. The van der Waals surface area contributed by atoms with Crippen LogP contribution < -0.4 is 10.1 Å². The number of anilines is 1. The standard InChI is InChI=1S/C22H18Cl2N2O3/c23-17-7-6-16(21(24)14-17)15-28-25-13-12-22(27)26-18-8-10-20(11-9-18)29-19-4-2-1-3-5-19/h1-11,13-14H,12,15H2,(H,26,27)/b25-13-. The van der Waals surface area contributed by atoms with Gasteiger partial charge in [-0.3, -0.25) is 4.79 Å². The predicted octanol–water partition coefficient (Wildman–Crippen LogP) is 6.32. The largest absolute Gasteiger partial charge is 0.457 e. The predicted molar refractivity (Wildman–Crippen MR) is 116 cm³/mol. The van der Waals surface area contributed by atoms with Crippen LogP contribution >= 0.6 is 23.2 Å². The van der Waals surface area contributed by atoms with Crippen LogP contribution in [-0.4, -0.2) is 12.1 Å². The molecule has 0 heterocycles. The number of hydrogen-bond donors (Lipinski definition) is 1. The second kappa shape index (κ2) is 10.5. The molecule has 0 aliphatic heterocycles. The maximum absolute atomic E-state index is 12.0. The van der Waals surface area contributed by atoms with E-state index in [2.05, 4.69) is 10.5 Å². The van der Waals surface area contributed by atoms with Crippen molar-refractivity contribution in [2.75, 3.05) is 5.32 Å². The van der Waals surface area contributed by atoms with Gasteiger partial charge in [0.15, 0.2) is 0 Å². The van der Waals surface area contributed by atoms with Crippen molar-refractivity contribution in [3.05, 3.63) is 88.4 Å². The summed E-state index contributed by atoms with van der Waals surface area (Å²) in [6, 6.07) is 21.7. The minimum absolute atomic E-state index is 0.0800. The van der Waals surface area contributed by atoms with Gasteiger partial charge >= 0.3 is 0 Å². The number of carbonyl (C=O) groups is 1. The quantitative estimate of drug-likeness (QED) is 0.337. The normalized spacial score (nSPS) is 10.7. The SMILES string of the molecule is O=C(C/C=N\OCc1ccc(Cl)cc1Cl)Nc1ccc(Oc2ccccc2)cc1. The smallest absolute Gasteiger partial charge is 0.229 e. The molecule has 0 saturated heterocycles. The van der Waals surface area contributed by atoms with Crippen molar-refractivity contribution in [2.24, 2.45) is 5.16 Å². The first-order chi connectivity index (χ1) is 14.1. The van der Waals surface area contributed by atoms with Gasteiger partial charge in [0.1, 0.15) is 18.1 Å². The number of carbonyl (C=O) groups excluding carboxylic acids is 1. The molecule has 1 N–H and O–H groups in total. The summed E-state index contributed by atoms with van der Waals surface area (Å²) in [7, 11) is 0. The average Bonchev–Trinajstić information content (AvgIpc) is 2.71. The van der Waals surface area contributed by atoms with Gasteiger partial charge in [-0.1, -0.05) is 52.6 Å². The zero-order chi connectivity index (χ0) is 20.5. The number of halogens is 2. The monoisotopic (exact) mass is 428 g/mol. The second-order valence-corrected chi connectivity index (χ2v) is 6.83. The molecule has 3 aromatic rings. The Hall–Kier alpha value is -3.02. The molecule has 29 heavy (non-hydrogen) atoms. The maximum atomic E-state index is 12.0. The summed E-state index contributed by atoms with van der Waals surface area (Å²) in [6.07, 6.45) is 1.47. The number of oxime groups is 1. The van der Waals surface area contributed by atoms with Gasteiger partial charge in [-0.05, 0) is 48.5 Å². The number of amides is 1. The van der Waals surface area contributed by atoms with E-state index in [9.17, 15) is 4.79 Å². The Bertz CT molecular complexity index is 977. The topological polar surface area (TPSA) is 59.9 Å². The van der Waals surface area contributed by atoms with Gasteiger partial charge in [0.05, 0.1) is 12.6 Å². The summed E-state index contributed by atoms with van der Waals surface area (Å²) in [5.74, 6) is 1.23. The van der Waals surface area contributed by atoms with Crippen LogP contribution in [0, 0.1) is 0 Å². The molecule has 1 amide bonds. The third-order valence-electron chi connectivity index (χ3n) is 3.78. The van der Waals surface area contributed by atoms with E-state index in [0.717, 1.165) is 11.3 Å². The highest BCUT2D eigenvalue weighted by Crippen LogP contribution is 2.23. The van der Waals surface area contributed by atoms with Crippen LogP contribution in [0.5, 0.6) is 11.5 Å². The van der Waals surface area contributed by atoms with Crippen molar-refractivity contribution in [1.29, 1.82) is 0 Å². The fourth-order valence-electron chi connectivity index (χ4n) is 2.36. The van der Waals surface area contributed by atoms with Gasteiger partial charge in [-0.25, -0.2) is 0 Å². The Labute approximate surface area is 178 Å². The lowest BCUT2D eigenvalue weighted by Crippen LogP contribution is -2.11. The first kappa shape index (κ1) is 20.7. The van der Waals surface area contributed by atoms with Crippen molar-refractivity contribution >= 4 is 41.0 Å². The van der Waals surface area contributed by atoms with E-state index in [1.165, 1.54) is 6.21 Å². The Kier molecular flexibility index (Phi) is 7.50. The third-order valence-corrected chi connectivity index (χ3v) is 4.36. The van der Waals surface area contributed by atoms with Gasteiger partial charge < -0.3 is 14.9 Å². The van der Waals surface area contributed by atoms with Gasteiger partial charge in [-0.2, -0.15) is 0 Å². The van der Waals surface area contributed by atoms with Crippen LogP contribution in [0.1, 0.15) is 12.0 Å². The molecule has 7 heteroatoms. The molecule has 5 nitrogen and oxygen atoms in total. The number of nitrogens with zero attached hydrogens (tertiary/aromatic N) is 1. The van der Waals surface area contributed by atoms with E-state index in [-0.39, 0.29) is 18.9 Å². The molecule has 0 saturated carbocycles. The number of rotatable bonds is 8. The molecular weight excluding hydrogens is 411 g/mol. The summed E-state index contributed by atoms with van der Waals surface area (Å²) in [5.41, 5.74) is 1.42. The van der Waals surface area contributed by atoms with Crippen molar-refractivity contribution in [3.8, 4) is 11.5 Å². The lowest BCUT2D eigenvalue weighted by Gasteiger charge is -2.07. The van der Waals surface area contributed by atoms with Crippen LogP contribution in [0.25, 0.3) is 0 Å². The average molecular weight is 429 g/mol. The Morgan fingerprint density at radius 1 is 0.966 bits per heavy atom. The van der Waals surface area contributed by atoms with E-state index in [0.29, 0.717) is 21.5 Å². The number of hydrogen-bond acceptors (Lipinski definition) is 4. The zero-order valence-corrected chi connectivity index (χ0v) is 16.9. The van der Waals surface area contributed by atoms with Crippen molar-refractivity contribution < 1.29 is 14.4 Å². The molecule has 0 atom stereocenters. The minimum atomic E-state index is -0.210. The van der Waals surface area contributed by atoms with E-state index >= 15 is 0 Å². The molecular formula is C22H18Cl2N2O3. The summed E-state index contributed by atoms with van der Waals surface area (Å²) in [5, 5.41) is 7.61. The first-order valence-electron chi connectivity index (χ1n) is 8.81. The number of nitrogens with one attached hydrogen (secondary N) is 1. The maximum Gasteiger partial charge on any atom is 0.229 e. The van der Waals surface area contributed by atoms with Crippen LogP contribution in [0.3, 0.4) is 0 Å². The van der Waals surface area contributed by atoms with Crippen molar-refractivity contribution in [2.45, 2.75) is 13.0 Å². The second-order valence-electron chi connectivity index (χ2n) is 5.99. The number of para-hydroxylation sites is 1. The van der Waals surface area contributed by atoms with Crippen LogP contribution in [0.4, 0.5) is 5.69 Å². The van der Waals surface area contributed by atoms with Gasteiger partial charge in [0, 0.05) is 21.3 Å². The Morgan fingerprint density at radius 3 is 2.41 bits per heavy atom. The molecule has 0 aromatic heterocycles. The minimum Gasteiger partial charge on any atom is -0.457 e. The molecule has 0 spiro atoms. The van der Waals surface area contributed by atoms with Crippen molar-refractivity contribution in [1.82, 2.24) is 0 Å². The van der Waals surface area contributed by atoms with E-state index in [1.807, 2.05) is 30.3 Å². The van der Waals surface area contributed by atoms with Crippen molar-refractivity contribution in [3.63, 3.8) is 0 Å². The molecule has 148 valence electrons. The van der Waals surface area contributed by atoms with Crippen LogP contribution in [0.15, 0.2) is 78.0 Å².